The van der Waals surface area contributed by atoms with Gasteiger partial charge in [0.05, 0.1) is 29.9 Å². The van der Waals surface area contributed by atoms with Crippen molar-refractivity contribution in [1.82, 2.24) is 4.72 Å². The van der Waals surface area contributed by atoms with Crippen molar-refractivity contribution in [1.29, 1.82) is 0 Å². The zero-order chi connectivity index (χ0) is 33.6. The predicted molar refractivity (Wildman–Crippen MR) is 183 cm³/mol. The monoisotopic (exact) mass is 683 g/mol. The fourth-order valence-corrected chi connectivity index (χ4v) is 9.27. The van der Waals surface area contributed by atoms with Crippen molar-refractivity contribution < 1.29 is 28.0 Å². The smallest absolute Gasteiger partial charge is 0.287 e. The van der Waals surface area contributed by atoms with Gasteiger partial charge in [-0.05, 0) is 99.2 Å². The average Bonchev–Trinajstić information content (AvgIpc) is 3.16. The maximum Gasteiger partial charge on any atom is 0.287 e. The second-order valence-electron chi connectivity index (χ2n) is 14.2. The van der Waals surface area contributed by atoms with Gasteiger partial charge in [-0.25, -0.2) is 4.21 Å². The van der Waals surface area contributed by atoms with E-state index in [4.69, 9.17) is 25.8 Å². The maximum absolute atomic E-state index is 14.8. The molecule has 1 saturated carbocycles. The van der Waals surface area contributed by atoms with Gasteiger partial charge >= 0.3 is 0 Å². The molecule has 2 aliphatic carbocycles. The van der Waals surface area contributed by atoms with Gasteiger partial charge in [0.25, 0.3) is 5.91 Å². The number of hydrogen-bond acceptors (Lipinski definition) is 7. The first-order valence-electron chi connectivity index (χ1n) is 16.6. The van der Waals surface area contributed by atoms with E-state index in [0.717, 1.165) is 49.4 Å². The van der Waals surface area contributed by atoms with Crippen LogP contribution in [0.5, 0.6) is 5.75 Å². The van der Waals surface area contributed by atoms with Gasteiger partial charge in [-0.2, -0.15) is 0 Å². The van der Waals surface area contributed by atoms with Crippen LogP contribution in [0.4, 0.5) is 5.69 Å². The molecule has 2 bridgehead atoms. The molecule has 11 heteroatoms. The van der Waals surface area contributed by atoms with Gasteiger partial charge in [0.1, 0.15) is 11.4 Å². The van der Waals surface area contributed by atoms with Gasteiger partial charge in [0.15, 0.2) is 9.92 Å². The molecule has 1 fully saturated rings. The van der Waals surface area contributed by atoms with Crippen LogP contribution in [0.3, 0.4) is 0 Å². The molecular formula is C36H46ClN3O6S. The Morgan fingerprint density at radius 3 is 2.72 bits per heavy atom. The van der Waals surface area contributed by atoms with Crippen LogP contribution >= 0.6 is 11.6 Å². The van der Waals surface area contributed by atoms with Gasteiger partial charge in [-0.3, -0.25) is 14.3 Å². The first-order chi connectivity index (χ1) is 22.3. The number of nitrogens with zero attached hydrogens (tertiary/aromatic N) is 2. The summed E-state index contributed by atoms with van der Waals surface area (Å²) in [6.07, 6.45) is 8.83. The SMILES string of the molecule is CO[C@@H]1/C=C/COC(C)(C)C(=O)N=S(=O)(NC(=O)C(C)C)c2ccc3c(c2)N(C[C@@H]2CC[C@H]21)C[C@@]1(CCCc2cc(Cl)ccc21)CO3. The lowest BCUT2D eigenvalue weighted by molar-refractivity contribution is -0.137. The summed E-state index contributed by atoms with van der Waals surface area (Å²) >= 11 is 6.45. The molecule has 1 spiro atoms. The van der Waals surface area contributed by atoms with E-state index in [9.17, 15) is 13.8 Å². The van der Waals surface area contributed by atoms with Crippen molar-refractivity contribution in [3.8, 4) is 5.75 Å². The Hall–Kier alpha value is -2.92. The molecule has 1 unspecified atom stereocenters. The van der Waals surface area contributed by atoms with Crippen molar-refractivity contribution in [3.05, 3.63) is 64.7 Å². The molecule has 47 heavy (non-hydrogen) atoms. The van der Waals surface area contributed by atoms with E-state index in [1.807, 2.05) is 18.2 Å². The Morgan fingerprint density at radius 1 is 1.19 bits per heavy atom. The Bertz CT molecular complexity index is 1700. The minimum atomic E-state index is -3.74. The van der Waals surface area contributed by atoms with E-state index in [1.165, 1.54) is 11.1 Å². The highest BCUT2D eigenvalue weighted by Gasteiger charge is 2.44. The minimum absolute atomic E-state index is 0.0979. The molecule has 2 heterocycles. The Morgan fingerprint density at radius 2 is 2.00 bits per heavy atom. The third-order valence-corrected chi connectivity index (χ3v) is 12.3. The number of rotatable bonds is 3. The molecule has 2 aromatic carbocycles. The van der Waals surface area contributed by atoms with Crippen molar-refractivity contribution in [2.45, 2.75) is 81.8 Å². The molecule has 254 valence electrons. The molecule has 0 radical (unpaired) electrons. The zero-order valence-corrected chi connectivity index (χ0v) is 29.5. The summed E-state index contributed by atoms with van der Waals surface area (Å²) in [7, 11) is -2.01. The largest absolute Gasteiger partial charge is 0.490 e. The van der Waals surface area contributed by atoms with Gasteiger partial charge in [0, 0.05) is 36.6 Å². The molecule has 0 saturated heterocycles. The molecule has 2 amide bonds. The molecule has 0 aromatic heterocycles. The molecule has 2 aliphatic heterocycles. The third kappa shape index (κ3) is 6.71. The van der Waals surface area contributed by atoms with Crippen LogP contribution in [0.2, 0.25) is 5.02 Å². The fourth-order valence-electron chi connectivity index (χ4n) is 7.32. The summed E-state index contributed by atoms with van der Waals surface area (Å²) in [6, 6.07) is 11.4. The predicted octanol–water partition coefficient (Wildman–Crippen LogP) is 6.26. The number of nitrogens with one attached hydrogen (secondary N) is 1. The van der Waals surface area contributed by atoms with Gasteiger partial charge in [0.2, 0.25) is 5.91 Å². The van der Waals surface area contributed by atoms with Crippen molar-refractivity contribution in [2.75, 3.05) is 38.3 Å². The van der Waals surface area contributed by atoms with Gasteiger partial charge in [-0.15, -0.1) is 4.36 Å². The Kier molecular flexibility index (Phi) is 9.52. The molecule has 9 nitrogen and oxygen atoms in total. The topological polar surface area (TPSA) is 107 Å². The van der Waals surface area contributed by atoms with E-state index in [1.54, 1.807) is 53.0 Å². The van der Waals surface area contributed by atoms with Gasteiger partial charge < -0.3 is 19.1 Å². The van der Waals surface area contributed by atoms with Crippen LogP contribution in [0.1, 0.15) is 64.5 Å². The van der Waals surface area contributed by atoms with Crippen molar-refractivity contribution in [3.63, 3.8) is 0 Å². The second-order valence-corrected chi connectivity index (χ2v) is 16.6. The molecule has 5 atom stereocenters. The minimum Gasteiger partial charge on any atom is -0.490 e. The number of carbonyl (C=O) groups is 2. The van der Waals surface area contributed by atoms with E-state index in [0.29, 0.717) is 30.7 Å². The number of benzene rings is 2. The Labute approximate surface area is 283 Å². The normalized spacial score (nSPS) is 31.0. The quantitative estimate of drug-likeness (QED) is 0.381. The average molecular weight is 684 g/mol. The zero-order valence-electron chi connectivity index (χ0n) is 27.9. The molecule has 4 aliphatic rings. The van der Waals surface area contributed by atoms with Crippen LogP contribution in [0.25, 0.3) is 0 Å². The van der Waals surface area contributed by atoms with Crippen molar-refractivity contribution in [2.24, 2.45) is 22.1 Å². The number of hydrogen-bond donors (Lipinski definition) is 1. The number of methoxy groups -OCH3 is 1. The third-order valence-electron chi connectivity index (χ3n) is 10.3. The van der Waals surface area contributed by atoms with E-state index >= 15 is 0 Å². The second kappa shape index (κ2) is 13.2. The summed E-state index contributed by atoms with van der Waals surface area (Å²) in [5.74, 6) is -0.366. The van der Waals surface area contributed by atoms with Crippen LogP contribution in [-0.4, -0.2) is 61.1 Å². The lowest BCUT2D eigenvalue weighted by Crippen LogP contribution is -2.49. The van der Waals surface area contributed by atoms with Crippen LogP contribution in [0.15, 0.2) is 57.8 Å². The van der Waals surface area contributed by atoms with Crippen LogP contribution in [0, 0.1) is 17.8 Å². The number of anilines is 1. The summed E-state index contributed by atoms with van der Waals surface area (Å²) in [4.78, 5) is 29.2. The summed E-state index contributed by atoms with van der Waals surface area (Å²) in [5.41, 5.74) is 1.60. The lowest BCUT2D eigenvalue weighted by Gasteiger charge is -2.46. The standard InChI is InChI=1S/C36H46ClN3O6S/c1-23(2)33(41)38-47(43)27-12-15-32-30(19-27)40(21-36(22-45-32)16-6-8-24-18-26(37)11-14-29(24)36)20-25-10-13-28(25)31(44-5)9-7-17-46-35(3,4)34(42)39-47/h7,9,11-12,14-15,18-19,23,25,28,31H,6,8,10,13,16-17,20-22H2,1-5H3,(H,38,39,41,42,43)/b9-7+/t25-,28+,31+,36-,47?/m0/s1. The number of aryl methyl sites for hydroxylation is 1. The summed E-state index contributed by atoms with van der Waals surface area (Å²) in [6.45, 7) is 8.66. The number of carbonyl (C=O) groups excluding carboxylic acids is 2. The number of fused-ring (bicyclic) bond motifs is 4. The number of halogens is 1. The van der Waals surface area contributed by atoms with Crippen LogP contribution in [-0.2, 0) is 40.8 Å². The van der Waals surface area contributed by atoms with E-state index in [2.05, 4.69) is 26.1 Å². The number of ether oxygens (including phenoxy) is 3. The first-order valence-corrected chi connectivity index (χ1v) is 18.5. The van der Waals surface area contributed by atoms with E-state index in [-0.39, 0.29) is 23.0 Å². The first kappa shape index (κ1) is 34.0. The molecule has 2 aromatic rings. The van der Waals surface area contributed by atoms with Gasteiger partial charge in [-0.1, -0.05) is 43.7 Å². The lowest BCUT2D eigenvalue weighted by atomic mass is 9.68. The molecule has 6 rings (SSSR count). The molecule has 1 N–H and O–H groups in total. The fraction of sp³-hybridized carbons (Fsp3) is 0.556. The highest BCUT2D eigenvalue weighted by atomic mass is 35.5. The summed E-state index contributed by atoms with van der Waals surface area (Å²) in [5, 5.41) is 0.731. The maximum atomic E-state index is 14.8. The highest BCUT2D eigenvalue weighted by molar-refractivity contribution is 7.92. The molecular weight excluding hydrogens is 638 g/mol. The van der Waals surface area contributed by atoms with Crippen molar-refractivity contribution >= 4 is 39.0 Å². The number of amides is 2. The summed E-state index contributed by atoms with van der Waals surface area (Å²) < 4.78 is 40.1. The highest BCUT2D eigenvalue weighted by Crippen LogP contribution is 2.47. The van der Waals surface area contributed by atoms with E-state index < -0.39 is 33.2 Å². The Balaban J connectivity index is 1.51. The van der Waals surface area contributed by atoms with Crippen LogP contribution < -0.4 is 14.4 Å².